The van der Waals surface area contributed by atoms with Gasteiger partial charge in [0.1, 0.15) is 0 Å². The number of rotatable bonds is 3. The van der Waals surface area contributed by atoms with Crippen LogP contribution >= 0.6 is 11.8 Å². The van der Waals surface area contributed by atoms with Gasteiger partial charge in [-0.05, 0) is 56.2 Å². The van der Waals surface area contributed by atoms with E-state index in [9.17, 15) is 4.79 Å². The number of amides is 1. The molecule has 3 nitrogen and oxygen atoms in total. The molecule has 0 spiro atoms. The summed E-state index contributed by atoms with van der Waals surface area (Å²) in [6, 6.07) is 9.41. The molecule has 1 amide bonds. The maximum absolute atomic E-state index is 12.2. The van der Waals surface area contributed by atoms with Crippen molar-refractivity contribution in [2.75, 3.05) is 6.26 Å². The Balaban J connectivity index is 1.61. The fourth-order valence-corrected chi connectivity index (χ4v) is 3.59. The number of hydrogen-bond donors (Lipinski definition) is 2. The molecule has 2 aliphatic heterocycles. The zero-order valence-electron chi connectivity index (χ0n) is 11.2. The molecule has 2 heterocycles. The molecule has 0 aliphatic carbocycles. The van der Waals surface area contributed by atoms with Gasteiger partial charge < -0.3 is 10.6 Å². The summed E-state index contributed by atoms with van der Waals surface area (Å²) in [6.07, 6.45) is 6.72. The second kappa shape index (κ2) is 5.55. The first-order chi connectivity index (χ1) is 9.24. The zero-order chi connectivity index (χ0) is 13.2. The zero-order valence-corrected chi connectivity index (χ0v) is 12.0. The third kappa shape index (κ3) is 2.95. The van der Waals surface area contributed by atoms with Gasteiger partial charge in [0, 0.05) is 28.6 Å². The molecule has 2 saturated heterocycles. The molecule has 1 aromatic rings. The Labute approximate surface area is 118 Å². The SMILES string of the molecule is CSc1ccc(C(=O)NC2CC3CCC(C2)N3)cc1. The average molecular weight is 276 g/mol. The summed E-state index contributed by atoms with van der Waals surface area (Å²) >= 11 is 1.69. The Morgan fingerprint density at radius 1 is 1.21 bits per heavy atom. The first kappa shape index (κ1) is 13.0. The molecule has 0 radical (unpaired) electrons. The average Bonchev–Trinajstić information content (AvgIpc) is 2.78. The predicted octanol–water partition coefficient (Wildman–Crippen LogP) is 2.42. The molecule has 2 N–H and O–H groups in total. The molecule has 2 fully saturated rings. The second-order valence-corrected chi connectivity index (χ2v) is 6.39. The van der Waals surface area contributed by atoms with Crippen LogP contribution in [-0.2, 0) is 0 Å². The van der Waals surface area contributed by atoms with Crippen molar-refractivity contribution in [3.63, 3.8) is 0 Å². The number of nitrogens with one attached hydrogen (secondary N) is 2. The standard InChI is InChI=1S/C15H20N2OS/c1-19-14-6-2-10(3-7-14)15(18)17-13-8-11-4-5-12(9-13)16-11/h2-3,6-7,11-13,16H,4-5,8-9H2,1H3,(H,17,18). The van der Waals surface area contributed by atoms with E-state index < -0.39 is 0 Å². The fourth-order valence-electron chi connectivity index (χ4n) is 3.19. The lowest BCUT2D eigenvalue weighted by Gasteiger charge is -2.29. The highest BCUT2D eigenvalue weighted by molar-refractivity contribution is 7.98. The van der Waals surface area contributed by atoms with Crippen LogP contribution in [-0.4, -0.2) is 30.3 Å². The van der Waals surface area contributed by atoms with Crippen LogP contribution in [0.1, 0.15) is 36.0 Å². The van der Waals surface area contributed by atoms with Crippen molar-refractivity contribution in [2.24, 2.45) is 0 Å². The molecular formula is C15H20N2OS. The van der Waals surface area contributed by atoms with Crippen LogP contribution < -0.4 is 10.6 Å². The van der Waals surface area contributed by atoms with Crippen molar-refractivity contribution in [3.05, 3.63) is 29.8 Å². The third-order valence-corrected chi connectivity index (χ3v) is 4.90. The molecule has 3 rings (SSSR count). The van der Waals surface area contributed by atoms with Crippen LogP contribution in [0.15, 0.2) is 29.2 Å². The molecule has 2 aliphatic rings. The number of fused-ring (bicyclic) bond motifs is 2. The first-order valence-electron chi connectivity index (χ1n) is 6.95. The summed E-state index contributed by atoms with van der Waals surface area (Å²) in [7, 11) is 0. The third-order valence-electron chi connectivity index (χ3n) is 4.16. The highest BCUT2D eigenvalue weighted by Crippen LogP contribution is 2.27. The summed E-state index contributed by atoms with van der Waals surface area (Å²) in [6.45, 7) is 0. The van der Waals surface area contributed by atoms with Gasteiger partial charge in [0.15, 0.2) is 0 Å². The predicted molar refractivity (Wildman–Crippen MR) is 78.7 cm³/mol. The molecule has 0 saturated carbocycles. The van der Waals surface area contributed by atoms with Crippen molar-refractivity contribution >= 4 is 17.7 Å². The van der Waals surface area contributed by atoms with Gasteiger partial charge >= 0.3 is 0 Å². The van der Waals surface area contributed by atoms with Crippen molar-refractivity contribution in [2.45, 2.75) is 48.7 Å². The van der Waals surface area contributed by atoms with Gasteiger partial charge in [-0.15, -0.1) is 11.8 Å². The van der Waals surface area contributed by atoms with Crippen molar-refractivity contribution in [3.8, 4) is 0 Å². The van der Waals surface area contributed by atoms with E-state index in [0.29, 0.717) is 18.1 Å². The first-order valence-corrected chi connectivity index (χ1v) is 8.18. The number of carbonyl (C=O) groups is 1. The maximum atomic E-state index is 12.2. The van der Waals surface area contributed by atoms with E-state index in [1.165, 1.54) is 17.7 Å². The summed E-state index contributed by atoms with van der Waals surface area (Å²) in [4.78, 5) is 13.4. The molecule has 2 bridgehead atoms. The summed E-state index contributed by atoms with van der Waals surface area (Å²) in [5.41, 5.74) is 0.767. The topological polar surface area (TPSA) is 41.1 Å². The van der Waals surface area contributed by atoms with Crippen LogP contribution in [0.5, 0.6) is 0 Å². The van der Waals surface area contributed by atoms with E-state index in [0.717, 1.165) is 18.4 Å². The lowest BCUT2D eigenvalue weighted by atomic mass is 9.99. The van der Waals surface area contributed by atoms with Gasteiger partial charge in [0.2, 0.25) is 0 Å². The normalized spacial score (nSPS) is 29.2. The Kier molecular flexibility index (Phi) is 3.80. The van der Waals surface area contributed by atoms with E-state index in [-0.39, 0.29) is 5.91 Å². The molecule has 4 heteroatoms. The van der Waals surface area contributed by atoms with Crippen molar-refractivity contribution in [1.29, 1.82) is 0 Å². The van der Waals surface area contributed by atoms with E-state index in [2.05, 4.69) is 10.6 Å². The van der Waals surface area contributed by atoms with Crippen molar-refractivity contribution < 1.29 is 4.79 Å². The van der Waals surface area contributed by atoms with E-state index in [1.54, 1.807) is 11.8 Å². The second-order valence-electron chi connectivity index (χ2n) is 5.51. The minimum absolute atomic E-state index is 0.0685. The van der Waals surface area contributed by atoms with Gasteiger partial charge in [-0.25, -0.2) is 0 Å². The van der Waals surface area contributed by atoms with E-state index in [4.69, 9.17) is 0 Å². The smallest absolute Gasteiger partial charge is 0.251 e. The number of piperidine rings is 1. The Bertz CT molecular complexity index is 448. The molecular weight excluding hydrogens is 256 g/mol. The lowest BCUT2D eigenvalue weighted by Crippen LogP contribution is -2.48. The molecule has 1 aromatic carbocycles. The van der Waals surface area contributed by atoms with E-state index in [1.807, 2.05) is 30.5 Å². The van der Waals surface area contributed by atoms with Gasteiger partial charge in [-0.3, -0.25) is 4.79 Å². The monoisotopic (exact) mass is 276 g/mol. The fraction of sp³-hybridized carbons (Fsp3) is 0.533. The Hall–Kier alpha value is -1.00. The minimum atomic E-state index is 0.0685. The largest absolute Gasteiger partial charge is 0.349 e. The molecule has 0 aromatic heterocycles. The minimum Gasteiger partial charge on any atom is -0.349 e. The number of hydrogen-bond acceptors (Lipinski definition) is 3. The molecule has 102 valence electrons. The highest BCUT2D eigenvalue weighted by atomic mass is 32.2. The quantitative estimate of drug-likeness (QED) is 0.833. The van der Waals surface area contributed by atoms with Gasteiger partial charge in [0.25, 0.3) is 5.91 Å². The van der Waals surface area contributed by atoms with Gasteiger partial charge in [-0.2, -0.15) is 0 Å². The van der Waals surface area contributed by atoms with Gasteiger partial charge in [0.05, 0.1) is 0 Å². The number of carbonyl (C=O) groups excluding carboxylic acids is 1. The maximum Gasteiger partial charge on any atom is 0.251 e. The summed E-state index contributed by atoms with van der Waals surface area (Å²) in [5.74, 6) is 0.0685. The van der Waals surface area contributed by atoms with Crippen LogP contribution in [0, 0.1) is 0 Å². The summed E-state index contributed by atoms with van der Waals surface area (Å²) < 4.78 is 0. The van der Waals surface area contributed by atoms with Gasteiger partial charge in [-0.1, -0.05) is 0 Å². The Morgan fingerprint density at radius 3 is 2.42 bits per heavy atom. The number of benzene rings is 1. The summed E-state index contributed by atoms with van der Waals surface area (Å²) in [5, 5.41) is 6.78. The van der Waals surface area contributed by atoms with E-state index >= 15 is 0 Å². The van der Waals surface area contributed by atoms with Crippen LogP contribution in [0.25, 0.3) is 0 Å². The van der Waals surface area contributed by atoms with Crippen LogP contribution in [0.3, 0.4) is 0 Å². The van der Waals surface area contributed by atoms with Crippen LogP contribution in [0.4, 0.5) is 0 Å². The Morgan fingerprint density at radius 2 is 1.84 bits per heavy atom. The molecule has 19 heavy (non-hydrogen) atoms. The van der Waals surface area contributed by atoms with Crippen molar-refractivity contribution in [1.82, 2.24) is 10.6 Å². The molecule has 2 atom stereocenters. The van der Waals surface area contributed by atoms with Crippen LogP contribution in [0.2, 0.25) is 0 Å². The molecule has 2 unspecified atom stereocenters. The lowest BCUT2D eigenvalue weighted by molar-refractivity contribution is 0.0924. The number of thioether (sulfide) groups is 1. The highest BCUT2D eigenvalue weighted by Gasteiger charge is 2.33.